The first-order valence-electron chi connectivity index (χ1n) is 12.1. The van der Waals surface area contributed by atoms with Gasteiger partial charge in [0, 0.05) is 62.6 Å². The van der Waals surface area contributed by atoms with Crippen molar-refractivity contribution in [3.8, 4) is 0 Å². The van der Waals surface area contributed by atoms with Crippen molar-refractivity contribution in [3.63, 3.8) is 0 Å². The normalized spacial score (nSPS) is 14.4. The highest BCUT2D eigenvalue weighted by Gasteiger charge is 2.17. The van der Waals surface area contributed by atoms with Crippen molar-refractivity contribution in [2.24, 2.45) is 0 Å². The molecule has 0 atom stereocenters. The van der Waals surface area contributed by atoms with E-state index in [2.05, 4.69) is 37.1 Å². The fourth-order valence-electron chi connectivity index (χ4n) is 4.19. The molecule has 0 unspecified atom stereocenters. The maximum atomic E-state index is 13.0. The molecule has 0 aliphatic carbocycles. The predicted octanol–water partition coefficient (Wildman–Crippen LogP) is 4.34. The first kappa shape index (κ1) is 23.6. The molecular formula is C28H29N7O. The van der Waals surface area contributed by atoms with Gasteiger partial charge in [-0.3, -0.25) is 14.6 Å². The van der Waals surface area contributed by atoms with Crippen molar-refractivity contribution < 1.29 is 4.79 Å². The van der Waals surface area contributed by atoms with E-state index in [1.807, 2.05) is 71.6 Å². The van der Waals surface area contributed by atoms with Gasteiger partial charge in [0.05, 0.1) is 5.69 Å². The van der Waals surface area contributed by atoms with E-state index in [-0.39, 0.29) is 5.91 Å². The molecule has 1 fully saturated rings. The van der Waals surface area contributed by atoms with E-state index in [1.165, 1.54) is 5.56 Å². The van der Waals surface area contributed by atoms with Gasteiger partial charge in [-0.2, -0.15) is 0 Å². The molecule has 0 saturated carbocycles. The van der Waals surface area contributed by atoms with Crippen LogP contribution in [0.4, 0.5) is 23.1 Å². The predicted molar refractivity (Wildman–Crippen MR) is 142 cm³/mol. The van der Waals surface area contributed by atoms with Gasteiger partial charge < -0.3 is 10.2 Å². The lowest BCUT2D eigenvalue weighted by Gasteiger charge is -2.32. The average molecular weight is 480 g/mol. The maximum absolute atomic E-state index is 13.0. The second kappa shape index (κ2) is 11.1. The summed E-state index contributed by atoms with van der Waals surface area (Å²) in [5, 5.41) is 3.02. The minimum atomic E-state index is -0.154. The van der Waals surface area contributed by atoms with Crippen LogP contribution >= 0.6 is 0 Å². The Labute approximate surface area is 211 Å². The zero-order chi connectivity index (χ0) is 24.7. The minimum absolute atomic E-state index is 0.154. The van der Waals surface area contributed by atoms with Gasteiger partial charge in [0.2, 0.25) is 5.95 Å². The summed E-state index contributed by atoms with van der Waals surface area (Å²) in [5.74, 6) is 1.03. The Bertz CT molecular complexity index is 1230. The van der Waals surface area contributed by atoms with Crippen LogP contribution in [0.2, 0.25) is 0 Å². The van der Waals surface area contributed by atoms with Gasteiger partial charge >= 0.3 is 0 Å². The Morgan fingerprint density at radius 1 is 0.861 bits per heavy atom. The topological polar surface area (TPSA) is 77.5 Å². The van der Waals surface area contributed by atoms with Gasteiger partial charge in [0.15, 0.2) is 0 Å². The third-order valence-electron chi connectivity index (χ3n) is 6.21. The molecule has 3 heterocycles. The molecule has 2 aromatic carbocycles. The second-order valence-corrected chi connectivity index (χ2v) is 8.85. The lowest BCUT2D eigenvalue weighted by molar-refractivity contribution is 0.102. The molecule has 0 radical (unpaired) electrons. The summed E-state index contributed by atoms with van der Waals surface area (Å²) in [6, 6.07) is 22.9. The summed E-state index contributed by atoms with van der Waals surface area (Å²) < 4.78 is 0. The number of pyridine rings is 1. The molecule has 4 aromatic rings. The third-order valence-corrected chi connectivity index (χ3v) is 6.21. The van der Waals surface area contributed by atoms with E-state index in [0.29, 0.717) is 23.0 Å². The van der Waals surface area contributed by atoms with E-state index in [0.717, 1.165) is 38.4 Å². The van der Waals surface area contributed by atoms with Crippen LogP contribution in [0, 0.1) is 0 Å². The number of carbonyl (C=O) groups is 1. The average Bonchev–Trinajstić information content (AvgIpc) is 2.92. The molecule has 1 amide bonds. The summed E-state index contributed by atoms with van der Waals surface area (Å²) in [7, 11) is 2.16. The zero-order valence-corrected chi connectivity index (χ0v) is 20.3. The molecule has 1 N–H and O–H groups in total. The number of carbonyl (C=O) groups excluding carboxylic acids is 1. The number of hydrogen-bond acceptors (Lipinski definition) is 7. The number of likely N-dealkylation sites (N-methyl/N-ethyl adjacent to an activating group) is 1. The number of nitrogens with one attached hydrogen (secondary N) is 1. The zero-order valence-electron chi connectivity index (χ0n) is 20.3. The Hall–Kier alpha value is -4.14. The Kier molecular flexibility index (Phi) is 7.25. The van der Waals surface area contributed by atoms with E-state index in [4.69, 9.17) is 0 Å². The number of amides is 1. The highest BCUT2D eigenvalue weighted by atomic mass is 16.1. The van der Waals surface area contributed by atoms with Crippen molar-refractivity contribution in [3.05, 3.63) is 103 Å². The Morgan fingerprint density at radius 3 is 2.33 bits per heavy atom. The largest absolute Gasteiger partial charge is 0.322 e. The number of benzene rings is 2. The van der Waals surface area contributed by atoms with Crippen molar-refractivity contribution in [2.45, 2.75) is 6.54 Å². The van der Waals surface area contributed by atoms with Crippen molar-refractivity contribution in [2.75, 3.05) is 43.4 Å². The van der Waals surface area contributed by atoms with Gasteiger partial charge in [-0.15, -0.1) is 0 Å². The van der Waals surface area contributed by atoms with Gasteiger partial charge in [-0.1, -0.05) is 24.3 Å². The Balaban J connectivity index is 1.30. The van der Waals surface area contributed by atoms with Crippen LogP contribution in [0.5, 0.6) is 0 Å². The summed E-state index contributed by atoms with van der Waals surface area (Å²) in [4.78, 5) is 32.9. The van der Waals surface area contributed by atoms with Crippen LogP contribution in [0.25, 0.3) is 0 Å². The van der Waals surface area contributed by atoms with E-state index < -0.39 is 0 Å². The lowest BCUT2D eigenvalue weighted by Crippen LogP contribution is -2.43. The molecular weight excluding hydrogens is 450 g/mol. The fraction of sp³-hybridized carbons (Fsp3) is 0.214. The Morgan fingerprint density at radius 2 is 1.61 bits per heavy atom. The monoisotopic (exact) mass is 479 g/mol. The van der Waals surface area contributed by atoms with Crippen molar-refractivity contribution in [1.29, 1.82) is 0 Å². The number of hydrogen-bond donors (Lipinski definition) is 1. The van der Waals surface area contributed by atoms with Crippen LogP contribution in [0.15, 0.2) is 91.4 Å². The van der Waals surface area contributed by atoms with Crippen LogP contribution in [0.3, 0.4) is 0 Å². The molecule has 1 aliphatic rings. The molecule has 5 rings (SSSR count). The smallest absolute Gasteiger partial charge is 0.255 e. The highest BCUT2D eigenvalue weighted by molar-refractivity contribution is 6.04. The maximum Gasteiger partial charge on any atom is 0.255 e. The number of piperazine rings is 1. The van der Waals surface area contributed by atoms with Crippen LogP contribution < -0.4 is 10.2 Å². The minimum Gasteiger partial charge on any atom is -0.322 e. The number of anilines is 4. The SMILES string of the molecule is CN1CCN(Cc2ccc(C(=O)Nc3cccc(N(c4ccccn4)c4ncccn4)c3)cc2)CC1. The molecule has 1 saturated heterocycles. The fourth-order valence-corrected chi connectivity index (χ4v) is 4.19. The second-order valence-electron chi connectivity index (χ2n) is 8.85. The summed E-state index contributed by atoms with van der Waals surface area (Å²) >= 11 is 0. The molecule has 0 bridgehead atoms. The van der Waals surface area contributed by atoms with Gasteiger partial charge in [-0.25, -0.2) is 15.0 Å². The van der Waals surface area contributed by atoms with Crippen molar-refractivity contribution >= 4 is 29.0 Å². The van der Waals surface area contributed by atoms with Crippen LogP contribution in [-0.4, -0.2) is 63.9 Å². The van der Waals surface area contributed by atoms with E-state index in [9.17, 15) is 4.79 Å². The summed E-state index contributed by atoms with van der Waals surface area (Å²) in [6.45, 7) is 5.22. The quantitative estimate of drug-likeness (QED) is 0.422. The molecule has 36 heavy (non-hydrogen) atoms. The van der Waals surface area contributed by atoms with Crippen molar-refractivity contribution in [1.82, 2.24) is 24.8 Å². The highest BCUT2D eigenvalue weighted by Crippen LogP contribution is 2.31. The standard InChI is InChI=1S/C28H29N7O/c1-33-16-18-34(19-17-33)21-22-9-11-23(12-10-22)27(36)32-24-6-4-7-25(20-24)35(26-8-2-3-13-29-26)28-30-14-5-15-31-28/h2-15,20H,16-19,21H2,1H3,(H,32,36). The molecule has 8 heteroatoms. The van der Waals surface area contributed by atoms with Crippen LogP contribution in [0.1, 0.15) is 15.9 Å². The van der Waals surface area contributed by atoms with E-state index >= 15 is 0 Å². The third kappa shape index (κ3) is 5.73. The van der Waals surface area contributed by atoms with E-state index in [1.54, 1.807) is 24.7 Å². The molecule has 1 aliphatic heterocycles. The lowest BCUT2D eigenvalue weighted by atomic mass is 10.1. The van der Waals surface area contributed by atoms with Gasteiger partial charge in [0.25, 0.3) is 5.91 Å². The number of nitrogens with zero attached hydrogens (tertiary/aromatic N) is 6. The molecule has 182 valence electrons. The van der Waals surface area contributed by atoms with Crippen LogP contribution in [-0.2, 0) is 6.54 Å². The molecule has 8 nitrogen and oxygen atoms in total. The number of aromatic nitrogens is 3. The number of rotatable bonds is 7. The summed E-state index contributed by atoms with van der Waals surface area (Å²) in [5.41, 5.74) is 3.30. The first-order chi connectivity index (χ1) is 17.7. The molecule has 0 spiro atoms. The van der Waals surface area contributed by atoms with Gasteiger partial charge in [-0.05, 0) is 61.1 Å². The first-order valence-corrected chi connectivity index (χ1v) is 12.1. The molecule has 2 aromatic heterocycles. The van der Waals surface area contributed by atoms with Gasteiger partial charge in [0.1, 0.15) is 5.82 Å². The summed E-state index contributed by atoms with van der Waals surface area (Å²) in [6.07, 6.45) is 5.11.